The zero-order valence-corrected chi connectivity index (χ0v) is 16.4. The first-order valence-electron chi connectivity index (χ1n) is 8.33. The minimum absolute atomic E-state index is 0.369. The number of amides is 1. The Morgan fingerprint density at radius 3 is 2.73 bits per heavy atom. The summed E-state index contributed by atoms with van der Waals surface area (Å²) in [5, 5.41) is 4.00. The Hall–Kier alpha value is -2.54. The summed E-state index contributed by atoms with van der Waals surface area (Å²) in [5.74, 6) is 0.911. The molecular formula is C19H22BrN3O3. The van der Waals surface area contributed by atoms with Crippen molar-refractivity contribution >= 4 is 33.7 Å². The topological polar surface area (TPSA) is 85.9 Å². The molecule has 2 rings (SSSR count). The van der Waals surface area contributed by atoms with Crippen LogP contribution in [0.2, 0.25) is 0 Å². The molecule has 0 atom stereocenters. The van der Waals surface area contributed by atoms with E-state index in [9.17, 15) is 4.79 Å². The number of nitrogens with one attached hydrogen (secondary N) is 1. The lowest BCUT2D eigenvalue weighted by atomic mass is 10.2. The fraction of sp³-hybridized carbons (Fsp3) is 0.263. The van der Waals surface area contributed by atoms with Gasteiger partial charge in [-0.15, -0.1) is 0 Å². The third-order valence-electron chi connectivity index (χ3n) is 3.37. The minimum atomic E-state index is -0.369. The predicted octanol–water partition coefficient (Wildman–Crippen LogP) is 3.98. The predicted molar refractivity (Wildman–Crippen MR) is 107 cm³/mol. The highest BCUT2D eigenvalue weighted by molar-refractivity contribution is 9.10. The molecule has 0 aromatic heterocycles. The molecule has 26 heavy (non-hydrogen) atoms. The molecule has 0 aliphatic rings. The number of carbonyl (C=O) groups excluding carboxylic acids is 1. The largest absolute Gasteiger partial charge is 0.490 e. The molecule has 0 spiro atoms. The molecule has 0 saturated heterocycles. The van der Waals surface area contributed by atoms with Crippen LogP contribution < -0.4 is 20.6 Å². The van der Waals surface area contributed by atoms with Crippen LogP contribution in [-0.4, -0.2) is 25.3 Å². The monoisotopic (exact) mass is 419 g/mol. The fourth-order valence-electron chi connectivity index (χ4n) is 2.20. The Labute approximate surface area is 161 Å². The van der Waals surface area contributed by atoms with E-state index < -0.39 is 0 Å². The van der Waals surface area contributed by atoms with Crippen molar-refractivity contribution in [3.63, 3.8) is 0 Å². The molecular weight excluding hydrogens is 398 g/mol. The number of anilines is 1. The van der Waals surface area contributed by atoms with Gasteiger partial charge in [0, 0.05) is 5.69 Å². The number of para-hydroxylation sites is 1. The van der Waals surface area contributed by atoms with Crippen LogP contribution in [-0.2, 0) is 0 Å². The number of ether oxygens (including phenoxy) is 2. The smallest absolute Gasteiger partial charge is 0.273 e. The zero-order valence-electron chi connectivity index (χ0n) is 14.8. The average molecular weight is 420 g/mol. The Morgan fingerprint density at radius 2 is 2.04 bits per heavy atom. The maximum atomic E-state index is 12.1. The van der Waals surface area contributed by atoms with Gasteiger partial charge in [0.15, 0.2) is 11.5 Å². The molecule has 0 aliphatic heterocycles. The second-order valence-corrected chi connectivity index (χ2v) is 6.25. The van der Waals surface area contributed by atoms with Gasteiger partial charge in [-0.3, -0.25) is 4.79 Å². The third-order valence-corrected chi connectivity index (χ3v) is 3.96. The van der Waals surface area contributed by atoms with Crippen LogP contribution in [0.5, 0.6) is 11.5 Å². The highest BCUT2D eigenvalue weighted by atomic mass is 79.9. The molecule has 138 valence electrons. The molecule has 0 saturated carbocycles. The molecule has 0 aliphatic carbocycles. The van der Waals surface area contributed by atoms with Gasteiger partial charge in [-0.05, 0) is 59.1 Å². The number of hydrogen-bond donors (Lipinski definition) is 2. The molecule has 6 nitrogen and oxygen atoms in total. The molecule has 2 aromatic rings. The molecule has 7 heteroatoms. The maximum absolute atomic E-state index is 12.1. The van der Waals surface area contributed by atoms with Crippen molar-refractivity contribution in [1.29, 1.82) is 0 Å². The van der Waals surface area contributed by atoms with E-state index in [0.717, 1.165) is 16.5 Å². The second-order valence-electron chi connectivity index (χ2n) is 5.40. The summed E-state index contributed by atoms with van der Waals surface area (Å²) in [6.07, 6.45) is 2.43. The summed E-state index contributed by atoms with van der Waals surface area (Å²) in [6, 6.07) is 10.5. The number of halogens is 1. The summed E-state index contributed by atoms with van der Waals surface area (Å²) in [4.78, 5) is 12.1. The van der Waals surface area contributed by atoms with Gasteiger partial charge in [-0.1, -0.05) is 19.1 Å². The summed E-state index contributed by atoms with van der Waals surface area (Å²) in [7, 11) is 0. The lowest BCUT2D eigenvalue weighted by Gasteiger charge is -2.14. The maximum Gasteiger partial charge on any atom is 0.273 e. The first kappa shape index (κ1) is 19.8. The number of hydrogen-bond acceptors (Lipinski definition) is 5. The van der Waals surface area contributed by atoms with Gasteiger partial charge in [-0.2, -0.15) is 5.10 Å². The fourth-order valence-corrected chi connectivity index (χ4v) is 2.77. The van der Waals surface area contributed by atoms with Gasteiger partial charge in [0.2, 0.25) is 0 Å². The van der Waals surface area contributed by atoms with Crippen LogP contribution in [0.25, 0.3) is 0 Å². The van der Waals surface area contributed by atoms with Crippen LogP contribution in [0.1, 0.15) is 36.2 Å². The summed E-state index contributed by atoms with van der Waals surface area (Å²) >= 11 is 3.49. The Bertz CT molecular complexity index is 794. The van der Waals surface area contributed by atoms with Crippen LogP contribution in [0.3, 0.4) is 0 Å². The molecule has 1 amide bonds. The summed E-state index contributed by atoms with van der Waals surface area (Å²) in [6.45, 7) is 5.06. The van der Waals surface area contributed by atoms with Crippen LogP contribution in [0, 0.1) is 0 Å². The molecule has 3 N–H and O–H groups in total. The van der Waals surface area contributed by atoms with Crippen LogP contribution in [0.4, 0.5) is 5.69 Å². The standard InChI is InChI=1S/C19H22BrN3O3/c1-3-9-26-18-15(20)10-13(11-17(18)25-4-2)12-22-23-19(24)14-7-5-6-8-16(14)21/h5-8,10-12H,3-4,9,21H2,1-2H3,(H,23,24)/b22-12-. The number of benzene rings is 2. The number of nitrogen functional groups attached to an aromatic ring is 1. The number of hydrazone groups is 1. The summed E-state index contributed by atoms with van der Waals surface area (Å²) in [5.41, 5.74) is 9.79. The lowest BCUT2D eigenvalue weighted by molar-refractivity contribution is 0.0956. The zero-order chi connectivity index (χ0) is 18.9. The van der Waals surface area contributed by atoms with Crippen molar-refractivity contribution in [2.24, 2.45) is 5.10 Å². The molecule has 0 unspecified atom stereocenters. The van der Waals surface area contributed by atoms with E-state index >= 15 is 0 Å². The van der Waals surface area contributed by atoms with Crippen molar-refractivity contribution in [1.82, 2.24) is 5.43 Å². The van der Waals surface area contributed by atoms with Crippen molar-refractivity contribution in [3.8, 4) is 11.5 Å². The molecule has 2 aromatic carbocycles. The van der Waals surface area contributed by atoms with E-state index in [0.29, 0.717) is 36.0 Å². The Kier molecular flexibility index (Phi) is 7.47. The number of nitrogens with two attached hydrogens (primary N) is 1. The van der Waals surface area contributed by atoms with Gasteiger partial charge in [0.05, 0.1) is 29.5 Å². The van der Waals surface area contributed by atoms with E-state index in [-0.39, 0.29) is 5.91 Å². The van der Waals surface area contributed by atoms with E-state index in [1.54, 1.807) is 24.3 Å². The molecule has 0 fully saturated rings. The van der Waals surface area contributed by atoms with Crippen LogP contribution >= 0.6 is 15.9 Å². The normalized spacial score (nSPS) is 10.7. The average Bonchev–Trinajstić information content (AvgIpc) is 2.61. The van der Waals surface area contributed by atoms with Crippen molar-refractivity contribution in [3.05, 3.63) is 52.0 Å². The second kappa shape index (κ2) is 9.82. The van der Waals surface area contributed by atoms with Gasteiger partial charge < -0.3 is 15.2 Å². The highest BCUT2D eigenvalue weighted by Gasteiger charge is 2.12. The van der Waals surface area contributed by atoms with E-state index in [1.165, 1.54) is 6.21 Å². The van der Waals surface area contributed by atoms with Crippen molar-refractivity contribution < 1.29 is 14.3 Å². The molecule has 0 radical (unpaired) electrons. The molecule has 0 bridgehead atoms. The van der Waals surface area contributed by atoms with Crippen LogP contribution in [0.15, 0.2) is 46.0 Å². The lowest BCUT2D eigenvalue weighted by Crippen LogP contribution is -2.19. The van der Waals surface area contributed by atoms with Gasteiger partial charge in [0.25, 0.3) is 5.91 Å². The first-order valence-corrected chi connectivity index (χ1v) is 9.13. The number of rotatable bonds is 8. The van der Waals surface area contributed by atoms with Gasteiger partial charge in [-0.25, -0.2) is 5.43 Å². The first-order chi connectivity index (χ1) is 12.6. The summed E-state index contributed by atoms with van der Waals surface area (Å²) < 4.78 is 12.1. The number of carbonyl (C=O) groups is 1. The van der Waals surface area contributed by atoms with Gasteiger partial charge in [0.1, 0.15) is 0 Å². The van der Waals surface area contributed by atoms with E-state index in [1.807, 2.05) is 26.0 Å². The third kappa shape index (κ3) is 5.23. The van der Waals surface area contributed by atoms with Gasteiger partial charge >= 0.3 is 0 Å². The minimum Gasteiger partial charge on any atom is -0.490 e. The highest BCUT2D eigenvalue weighted by Crippen LogP contribution is 2.36. The Balaban J connectivity index is 2.14. The SMILES string of the molecule is CCCOc1c(Br)cc(/C=N\NC(=O)c2ccccc2N)cc1OCC. The number of nitrogens with zero attached hydrogens (tertiary/aromatic N) is 1. The molecule has 0 heterocycles. The Morgan fingerprint density at radius 1 is 1.27 bits per heavy atom. The van der Waals surface area contributed by atoms with E-state index in [2.05, 4.69) is 26.5 Å². The van der Waals surface area contributed by atoms with E-state index in [4.69, 9.17) is 15.2 Å². The van der Waals surface area contributed by atoms with Crippen molar-refractivity contribution in [2.45, 2.75) is 20.3 Å². The van der Waals surface area contributed by atoms with Crippen molar-refractivity contribution in [2.75, 3.05) is 18.9 Å². The quantitative estimate of drug-likeness (QED) is 0.384.